The number of aromatic nitrogens is 3. The van der Waals surface area contributed by atoms with E-state index in [4.69, 9.17) is 5.73 Å². The van der Waals surface area contributed by atoms with Crippen LogP contribution in [0.5, 0.6) is 0 Å². The SMILES string of the molecule is NCCn1cnnc1CC1CC1. The molecule has 4 heteroatoms. The fourth-order valence-corrected chi connectivity index (χ4v) is 1.34. The zero-order valence-corrected chi connectivity index (χ0v) is 7.11. The predicted octanol–water partition coefficient (Wildman–Crippen LogP) is 0.189. The minimum Gasteiger partial charge on any atom is -0.329 e. The lowest BCUT2D eigenvalue weighted by Crippen LogP contribution is -2.12. The highest BCUT2D eigenvalue weighted by Gasteiger charge is 2.23. The molecular weight excluding hydrogens is 152 g/mol. The molecule has 66 valence electrons. The molecule has 4 nitrogen and oxygen atoms in total. The highest BCUT2D eigenvalue weighted by atomic mass is 15.3. The lowest BCUT2D eigenvalue weighted by Gasteiger charge is -2.02. The van der Waals surface area contributed by atoms with Crippen molar-refractivity contribution < 1.29 is 0 Å². The quantitative estimate of drug-likeness (QED) is 0.694. The van der Waals surface area contributed by atoms with Crippen LogP contribution < -0.4 is 5.73 Å². The monoisotopic (exact) mass is 166 g/mol. The van der Waals surface area contributed by atoms with Gasteiger partial charge in [-0.15, -0.1) is 10.2 Å². The van der Waals surface area contributed by atoms with Crippen molar-refractivity contribution in [1.29, 1.82) is 0 Å². The van der Waals surface area contributed by atoms with E-state index in [9.17, 15) is 0 Å². The van der Waals surface area contributed by atoms with Crippen molar-refractivity contribution >= 4 is 0 Å². The molecule has 0 aromatic carbocycles. The van der Waals surface area contributed by atoms with Crippen LogP contribution in [0.15, 0.2) is 6.33 Å². The molecule has 1 aliphatic carbocycles. The molecule has 1 saturated carbocycles. The summed E-state index contributed by atoms with van der Waals surface area (Å²) < 4.78 is 2.05. The van der Waals surface area contributed by atoms with Gasteiger partial charge in [-0.05, 0) is 18.8 Å². The highest BCUT2D eigenvalue weighted by molar-refractivity contribution is 4.92. The molecule has 0 amide bonds. The van der Waals surface area contributed by atoms with E-state index < -0.39 is 0 Å². The van der Waals surface area contributed by atoms with E-state index in [1.807, 2.05) is 0 Å². The normalized spacial score (nSPS) is 16.8. The maximum atomic E-state index is 5.46. The molecule has 1 aromatic rings. The molecule has 1 aromatic heterocycles. The summed E-state index contributed by atoms with van der Waals surface area (Å²) in [5.41, 5.74) is 5.46. The van der Waals surface area contributed by atoms with Crippen LogP contribution in [0.1, 0.15) is 18.7 Å². The molecule has 0 spiro atoms. The Kier molecular flexibility index (Phi) is 2.08. The largest absolute Gasteiger partial charge is 0.329 e. The minimum absolute atomic E-state index is 0.662. The Morgan fingerprint density at radius 1 is 1.58 bits per heavy atom. The molecule has 12 heavy (non-hydrogen) atoms. The molecule has 2 N–H and O–H groups in total. The molecule has 0 bridgehead atoms. The van der Waals surface area contributed by atoms with E-state index in [0.29, 0.717) is 6.54 Å². The first-order valence-electron chi connectivity index (χ1n) is 4.47. The van der Waals surface area contributed by atoms with Crippen LogP contribution in [0.3, 0.4) is 0 Å². The Morgan fingerprint density at radius 3 is 3.08 bits per heavy atom. The Labute approximate surface area is 71.8 Å². The second kappa shape index (κ2) is 3.23. The van der Waals surface area contributed by atoms with E-state index in [2.05, 4.69) is 14.8 Å². The highest BCUT2D eigenvalue weighted by Crippen LogP contribution is 2.31. The maximum absolute atomic E-state index is 5.46. The fourth-order valence-electron chi connectivity index (χ4n) is 1.34. The summed E-state index contributed by atoms with van der Waals surface area (Å²) >= 11 is 0. The summed E-state index contributed by atoms with van der Waals surface area (Å²) in [6, 6.07) is 0. The summed E-state index contributed by atoms with van der Waals surface area (Å²) in [6.07, 6.45) is 5.57. The molecule has 0 atom stereocenters. The Hall–Kier alpha value is -0.900. The standard InChI is InChI=1S/C8H14N4/c9-3-4-12-6-10-11-8(12)5-7-1-2-7/h6-7H,1-5,9H2. The second-order valence-corrected chi connectivity index (χ2v) is 3.38. The van der Waals surface area contributed by atoms with Gasteiger partial charge < -0.3 is 10.3 Å². The molecule has 0 radical (unpaired) electrons. The van der Waals surface area contributed by atoms with Crippen LogP contribution >= 0.6 is 0 Å². The van der Waals surface area contributed by atoms with Gasteiger partial charge in [0.15, 0.2) is 0 Å². The van der Waals surface area contributed by atoms with E-state index in [1.54, 1.807) is 6.33 Å². The average molecular weight is 166 g/mol. The van der Waals surface area contributed by atoms with Gasteiger partial charge >= 0.3 is 0 Å². The van der Waals surface area contributed by atoms with Crippen molar-refractivity contribution in [2.24, 2.45) is 11.7 Å². The first-order chi connectivity index (χ1) is 5.90. The summed E-state index contributed by atoms with van der Waals surface area (Å²) in [5, 5.41) is 7.95. The zero-order valence-electron chi connectivity index (χ0n) is 7.11. The molecule has 1 heterocycles. The molecule has 1 aliphatic rings. The Bertz CT molecular complexity index is 251. The summed E-state index contributed by atoms with van der Waals surface area (Å²) in [4.78, 5) is 0. The first kappa shape index (κ1) is 7.73. The van der Waals surface area contributed by atoms with Crippen molar-refractivity contribution in [2.45, 2.75) is 25.8 Å². The molecule has 1 fully saturated rings. The van der Waals surface area contributed by atoms with E-state index in [0.717, 1.165) is 24.7 Å². The van der Waals surface area contributed by atoms with Crippen LogP contribution in [0, 0.1) is 5.92 Å². The van der Waals surface area contributed by atoms with E-state index in [-0.39, 0.29) is 0 Å². The number of nitrogens with zero attached hydrogens (tertiary/aromatic N) is 3. The predicted molar refractivity (Wildman–Crippen MR) is 45.5 cm³/mol. The van der Waals surface area contributed by atoms with Crippen LogP contribution in [0.25, 0.3) is 0 Å². The van der Waals surface area contributed by atoms with Gasteiger partial charge in [0.05, 0.1) is 0 Å². The summed E-state index contributed by atoms with van der Waals surface area (Å²) in [6.45, 7) is 1.50. The maximum Gasteiger partial charge on any atom is 0.133 e. The zero-order chi connectivity index (χ0) is 8.39. The van der Waals surface area contributed by atoms with Crippen LogP contribution in [0.2, 0.25) is 0 Å². The van der Waals surface area contributed by atoms with E-state index >= 15 is 0 Å². The van der Waals surface area contributed by atoms with Crippen molar-refractivity contribution in [3.63, 3.8) is 0 Å². The smallest absolute Gasteiger partial charge is 0.133 e. The van der Waals surface area contributed by atoms with Crippen LogP contribution in [-0.2, 0) is 13.0 Å². The molecule has 0 unspecified atom stereocenters. The van der Waals surface area contributed by atoms with Gasteiger partial charge in [0, 0.05) is 19.5 Å². The van der Waals surface area contributed by atoms with Gasteiger partial charge in [-0.1, -0.05) is 0 Å². The third-order valence-electron chi connectivity index (χ3n) is 2.23. The van der Waals surface area contributed by atoms with Crippen LogP contribution in [-0.4, -0.2) is 21.3 Å². The van der Waals surface area contributed by atoms with Gasteiger partial charge in [0.25, 0.3) is 0 Å². The molecule has 0 aliphatic heterocycles. The molecule has 2 rings (SSSR count). The fraction of sp³-hybridized carbons (Fsp3) is 0.750. The third kappa shape index (κ3) is 1.64. The van der Waals surface area contributed by atoms with Gasteiger partial charge in [0.1, 0.15) is 12.2 Å². The number of hydrogen-bond donors (Lipinski definition) is 1. The lowest BCUT2D eigenvalue weighted by atomic mass is 10.3. The van der Waals surface area contributed by atoms with Gasteiger partial charge in [-0.25, -0.2) is 0 Å². The lowest BCUT2D eigenvalue weighted by molar-refractivity contribution is 0.636. The number of hydrogen-bond acceptors (Lipinski definition) is 3. The minimum atomic E-state index is 0.662. The Balaban J connectivity index is 2.01. The second-order valence-electron chi connectivity index (χ2n) is 3.38. The van der Waals surface area contributed by atoms with E-state index in [1.165, 1.54) is 12.8 Å². The van der Waals surface area contributed by atoms with Crippen LogP contribution in [0.4, 0.5) is 0 Å². The first-order valence-corrected chi connectivity index (χ1v) is 4.47. The third-order valence-corrected chi connectivity index (χ3v) is 2.23. The van der Waals surface area contributed by atoms with Crippen molar-refractivity contribution in [2.75, 3.05) is 6.54 Å². The molecule has 0 saturated heterocycles. The average Bonchev–Trinajstić information content (AvgIpc) is 2.76. The molecular formula is C8H14N4. The Morgan fingerprint density at radius 2 is 2.42 bits per heavy atom. The van der Waals surface area contributed by atoms with Crippen molar-refractivity contribution in [3.05, 3.63) is 12.2 Å². The van der Waals surface area contributed by atoms with Gasteiger partial charge in [-0.2, -0.15) is 0 Å². The number of rotatable bonds is 4. The van der Waals surface area contributed by atoms with Crippen molar-refractivity contribution in [3.8, 4) is 0 Å². The van der Waals surface area contributed by atoms with Crippen molar-refractivity contribution in [1.82, 2.24) is 14.8 Å². The topological polar surface area (TPSA) is 56.7 Å². The summed E-state index contributed by atoms with van der Waals surface area (Å²) in [5.74, 6) is 1.97. The summed E-state index contributed by atoms with van der Waals surface area (Å²) in [7, 11) is 0. The van der Waals surface area contributed by atoms with Gasteiger partial charge in [-0.3, -0.25) is 0 Å². The van der Waals surface area contributed by atoms with Gasteiger partial charge in [0.2, 0.25) is 0 Å². The number of nitrogens with two attached hydrogens (primary N) is 1.